The molecule has 0 atom stereocenters. The van der Waals surface area contributed by atoms with Crippen LogP contribution in [0.5, 0.6) is 0 Å². The van der Waals surface area contributed by atoms with Crippen molar-refractivity contribution in [1.82, 2.24) is 0 Å². The van der Waals surface area contributed by atoms with Crippen molar-refractivity contribution in [1.29, 1.82) is 10.5 Å². The molecule has 2 N–H and O–H groups in total. The van der Waals surface area contributed by atoms with Crippen molar-refractivity contribution in [2.75, 3.05) is 5.32 Å². The third-order valence-electron chi connectivity index (χ3n) is 2.90. The lowest BCUT2D eigenvalue weighted by Gasteiger charge is -2.08. The zero-order chi connectivity index (χ0) is 16.1. The first-order valence-corrected chi connectivity index (χ1v) is 6.14. The van der Waals surface area contributed by atoms with Crippen molar-refractivity contribution in [3.05, 3.63) is 64.7 Å². The molecule has 0 unspecified atom stereocenters. The number of rotatable bonds is 3. The highest BCUT2D eigenvalue weighted by Crippen LogP contribution is 2.15. The highest BCUT2D eigenvalue weighted by Gasteiger charge is 2.17. The molecule has 6 heteroatoms. The fraction of sp³-hybridized carbons (Fsp3) is 0. The van der Waals surface area contributed by atoms with Gasteiger partial charge in [-0.1, -0.05) is 0 Å². The maximum atomic E-state index is 12.2. The first kappa shape index (κ1) is 14.8. The van der Waals surface area contributed by atoms with Gasteiger partial charge in [-0.25, -0.2) is 4.79 Å². The summed E-state index contributed by atoms with van der Waals surface area (Å²) in [4.78, 5) is 23.4. The molecule has 0 aliphatic carbocycles. The quantitative estimate of drug-likeness (QED) is 0.901. The van der Waals surface area contributed by atoms with E-state index in [1.165, 1.54) is 24.3 Å². The molecule has 0 heterocycles. The predicted octanol–water partition coefficient (Wildman–Crippen LogP) is 2.38. The molecule has 0 aromatic heterocycles. The van der Waals surface area contributed by atoms with Gasteiger partial charge >= 0.3 is 5.97 Å². The second-order valence-corrected chi connectivity index (χ2v) is 4.32. The Morgan fingerprint density at radius 3 is 2.05 bits per heavy atom. The largest absolute Gasteiger partial charge is 0.478 e. The summed E-state index contributed by atoms with van der Waals surface area (Å²) in [6.45, 7) is 0. The number of carboxylic acids is 1. The average molecular weight is 291 g/mol. The number of carboxylic acid groups (broad SMARTS) is 1. The Hall–Kier alpha value is -3.64. The third kappa shape index (κ3) is 3.09. The van der Waals surface area contributed by atoms with Gasteiger partial charge in [-0.05, 0) is 42.5 Å². The molecule has 2 rings (SSSR count). The second kappa shape index (κ2) is 6.21. The van der Waals surface area contributed by atoms with E-state index in [4.69, 9.17) is 15.6 Å². The average Bonchev–Trinajstić information content (AvgIpc) is 2.54. The van der Waals surface area contributed by atoms with E-state index in [1.54, 1.807) is 12.1 Å². The summed E-state index contributed by atoms with van der Waals surface area (Å²) < 4.78 is 0. The van der Waals surface area contributed by atoms with E-state index >= 15 is 0 Å². The maximum Gasteiger partial charge on any atom is 0.336 e. The third-order valence-corrected chi connectivity index (χ3v) is 2.90. The van der Waals surface area contributed by atoms with Gasteiger partial charge in [0.2, 0.25) is 0 Å². The number of amides is 1. The summed E-state index contributed by atoms with van der Waals surface area (Å²) in [6.07, 6.45) is 0. The molecular formula is C16H9N3O3. The Bertz CT molecular complexity index is 827. The maximum absolute atomic E-state index is 12.2. The minimum absolute atomic E-state index is 0.0455. The Balaban J connectivity index is 2.31. The first-order chi connectivity index (χ1) is 10.5. The van der Waals surface area contributed by atoms with Crippen LogP contribution < -0.4 is 5.32 Å². The number of aromatic carboxylic acids is 1. The fourth-order valence-corrected chi connectivity index (χ4v) is 1.82. The summed E-state index contributed by atoms with van der Waals surface area (Å²) in [5, 5.41) is 29.2. The van der Waals surface area contributed by atoms with Gasteiger partial charge in [0.15, 0.2) is 0 Å². The van der Waals surface area contributed by atoms with Crippen LogP contribution in [-0.2, 0) is 0 Å². The van der Waals surface area contributed by atoms with Gasteiger partial charge in [-0.2, -0.15) is 10.5 Å². The van der Waals surface area contributed by atoms with E-state index in [9.17, 15) is 9.59 Å². The lowest BCUT2D eigenvalue weighted by atomic mass is 10.0. The summed E-state index contributed by atoms with van der Waals surface area (Å²) in [7, 11) is 0. The second-order valence-electron chi connectivity index (χ2n) is 4.32. The van der Waals surface area contributed by atoms with Crippen molar-refractivity contribution < 1.29 is 14.7 Å². The number of carbonyl (C=O) groups excluding carboxylic acids is 1. The molecule has 0 bridgehead atoms. The lowest BCUT2D eigenvalue weighted by molar-refractivity contribution is 0.0692. The smallest absolute Gasteiger partial charge is 0.336 e. The molecule has 0 fully saturated rings. The molecule has 22 heavy (non-hydrogen) atoms. The van der Waals surface area contributed by atoms with Gasteiger partial charge < -0.3 is 10.4 Å². The normalized spacial score (nSPS) is 9.36. The number of nitrogens with zero attached hydrogens (tertiary/aromatic N) is 2. The number of nitriles is 2. The minimum atomic E-state index is -1.29. The number of anilines is 1. The van der Waals surface area contributed by atoms with Crippen LogP contribution in [0.1, 0.15) is 31.8 Å². The number of benzene rings is 2. The van der Waals surface area contributed by atoms with Gasteiger partial charge in [-0.15, -0.1) is 0 Å². The lowest BCUT2D eigenvalue weighted by Crippen LogP contribution is -2.16. The van der Waals surface area contributed by atoms with Crippen molar-refractivity contribution in [2.24, 2.45) is 0 Å². The van der Waals surface area contributed by atoms with Crippen LogP contribution in [0, 0.1) is 22.7 Å². The summed E-state index contributed by atoms with van der Waals surface area (Å²) in [5.74, 6) is -1.89. The molecule has 106 valence electrons. The highest BCUT2D eigenvalue weighted by atomic mass is 16.4. The van der Waals surface area contributed by atoms with Crippen LogP contribution in [0.4, 0.5) is 5.69 Å². The summed E-state index contributed by atoms with van der Waals surface area (Å²) in [5.41, 5.74) is 0.751. The molecule has 0 aliphatic rings. The van der Waals surface area contributed by atoms with Gasteiger partial charge in [0.1, 0.15) is 0 Å². The molecule has 2 aromatic rings. The Morgan fingerprint density at radius 2 is 1.50 bits per heavy atom. The van der Waals surface area contributed by atoms with Crippen LogP contribution >= 0.6 is 0 Å². The monoisotopic (exact) mass is 291 g/mol. The molecule has 0 spiro atoms. The van der Waals surface area contributed by atoms with Crippen molar-refractivity contribution >= 4 is 17.6 Å². The van der Waals surface area contributed by atoms with Crippen LogP contribution in [-0.4, -0.2) is 17.0 Å². The summed E-state index contributed by atoms with van der Waals surface area (Å²) in [6, 6.07) is 13.7. The molecule has 0 aliphatic heterocycles. The predicted molar refractivity (Wildman–Crippen MR) is 77.2 cm³/mol. The zero-order valence-corrected chi connectivity index (χ0v) is 11.2. The van der Waals surface area contributed by atoms with Gasteiger partial charge in [-0.3, -0.25) is 4.79 Å². The molecule has 0 radical (unpaired) electrons. The Morgan fingerprint density at radius 1 is 0.909 bits per heavy atom. The van der Waals surface area contributed by atoms with Crippen molar-refractivity contribution in [2.45, 2.75) is 0 Å². The molecule has 1 amide bonds. The van der Waals surface area contributed by atoms with Gasteiger partial charge in [0, 0.05) is 5.69 Å². The van der Waals surface area contributed by atoms with Crippen LogP contribution in [0.3, 0.4) is 0 Å². The van der Waals surface area contributed by atoms with Crippen LogP contribution in [0.25, 0.3) is 0 Å². The summed E-state index contributed by atoms with van der Waals surface area (Å²) >= 11 is 0. The van der Waals surface area contributed by atoms with E-state index in [0.29, 0.717) is 11.3 Å². The number of hydrogen-bond donors (Lipinski definition) is 2. The van der Waals surface area contributed by atoms with Gasteiger partial charge in [0.25, 0.3) is 5.91 Å². The molecule has 2 aromatic carbocycles. The first-order valence-electron chi connectivity index (χ1n) is 6.14. The SMILES string of the molecule is N#Cc1ccc(NC(=O)c2ccc(C#N)cc2C(=O)O)cc1. The Kier molecular flexibility index (Phi) is 4.17. The van der Waals surface area contributed by atoms with E-state index in [0.717, 1.165) is 6.07 Å². The van der Waals surface area contributed by atoms with E-state index in [2.05, 4.69) is 5.32 Å². The van der Waals surface area contributed by atoms with Crippen molar-refractivity contribution in [3.63, 3.8) is 0 Å². The standard InChI is InChI=1S/C16H9N3O3/c17-8-10-1-4-12(5-2-10)19-15(20)13-6-3-11(9-18)7-14(13)16(21)22/h1-7H,(H,19,20)(H,21,22). The van der Waals surface area contributed by atoms with Crippen LogP contribution in [0.15, 0.2) is 42.5 Å². The minimum Gasteiger partial charge on any atom is -0.478 e. The topological polar surface area (TPSA) is 114 Å². The number of nitrogens with one attached hydrogen (secondary N) is 1. The van der Waals surface area contributed by atoms with E-state index in [-0.39, 0.29) is 16.7 Å². The van der Waals surface area contributed by atoms with Crippen molar-refractivity contribution in [3.8, 4) is 12.1 Å². The van der Waals surface area contributed by atoms with Crippen LogP contribution in [0.2, 0.25) is 0 Å². The van der Waals surface area contributed by atoms with E-state index < -0.39 is 11.9 Å². The molecular weight excluding hydrogens is 282 g/mol. The molecule has 0 saturated heterocycles. The molecule has 6 nitrogen and oxygen atoms in total. The van der Waals surface area contributed by atoms with E-state index in [1.807, 2.05) is 12.1 Å². The fourth-order valence-electron chi connectivity index (χ4n) is 1.82. The molecule has 0 saturated carbocycles. The Labute approximate surface area is 125 Å². The zero-order valence-electron chi connectivity index (χ0n) is 11.2. The van der Waals surface area contributed by atoms with Gasteiger partial charge in [0.05, 0.1) is 34.4 Å². The number of hydrogen-bond acceptors (Lipinski definition) is 4. The highest BCUT2D eigenvalue weighted by molar-refractivity contribution is 6.10. The number of carbonyl (C=O) groups is 2.